The van der Waals surface area contributed by atoms with Gasteiger partial charge in [0.05, 0.1) is 6.61 Å². The van der Waals surface area contributed by atoms with Crippen LogP contribution in [0.4, 0.5) is 0 Å². The van der Waals surface area contributed by atoms with Gasteiger partial charge in [-0.3, -0.25) is 4.79 Å². The Hall–Kier alpha value is -0.570. The van der Waals surface area contributed by atoms with Gasteiger partial charge in [-0.25, -0.2) is 0 Å². The van der Waals surface area contributed by atoms with E-state index in [1.807, 2.05) is 4.90 Å². The van der Waals surface area contributed by atoms with Gasteiger partial charge >= 0.3 is 0 Å². The van der Waals surface area contributed by atoms with Gasteiger partial charge in [-0.1, -0.05) is 13.8 Å². The third kappa shape index (κ3) is 4.34. The minimum absolute atomic E-state index is 0.0389. The summed E-state index contributed by atoms with van der Waals surface area (Å²) < 4.78 is 0. The van der Waals surface area contributed by atoms with E-state index in [9.17, 15) is 4.79 Å². The van der Waals surface area contributed by atoms with Crippen molar-refractivity contribution in [2.24, 2.45) is 0 Å². The summed E-state index contributed by atoms with van der Waals surface area (Å²) in [6, 6.07) is 0. The van der Waals surface area contributed by atoms with E-state index in [0.29, 0.717) is 0 Å². The van der Waals surface area contributed by atoms with E-state index in [1.165, 1.54) is 0 Å². The molecule has 0 aromatic rings. The summed E-state index contributed by atoms with van der Waals surface area (Å²) in [6.07, 6.45) is 2.23. The van der Waals surface area contributed by atoms with E-state index in [1.54, 1.807) is 0 Å². The van der Waals surface area contributed by atoms with Crippen LogP contribution in [0.5, 0.6) is 0 Å². The predicted molar refractivity (Wildman–Crippen MR) is 48.9 cm³/mol. The number of nitrogens with zero attached hydrogens (tertiary/aromatic N) is 1. The van der Waals surface area contributed by atoms with Crippen molar-refractivity contribution in [3.05, 3.63) is 0 Å². The highest BCUT2D eigenvalue weighted by Crippen LogP contribution is 1.97. The van der Waals surface area contributed by atoms with E-state index in [-0.39, 0.29) is 18.9 Å². The van der Waals surface area contributed by atoms with Gasteiger partial charge in [0, 0.05) is 19.5 Å². The summed E-state index contributed by atoms with van der Waals surface area (Å²) in [6.45, 7) is 5.69. The van der Waals surface area contributed by atoms with Gasteiger partial charge in [-0.15, -0.1) is 0 Å². The molecule has 0 aliphatic carbocycles. The van der Waals surface area contributed by atoms with E-state index in [2.05, 4.69) is 13.8 Å². The zero-order valence-corrected chi connectivity index (χ0v) is 8.05. The largest absolute Gasteiger partial charge is 0.396 e. The molecule has 0 saturated heterocycles. The van der Waals surface area contributed by atoms with Crippen LogP contribution in [0.15, 0.2) is 0 Å². The highest BCUT2D eigenvalue weighted by Gasteiger charge is 2.09. The summed E-state index contributed by atoms with van der Waals surface area (Å²) in [5, 5.41) is 8.57. The van der Waals surface area contributed by atoms with Crippen molar-refractivity contribution in [2.75, 3.05) is 19.7 Å². The molecule has 0 aromatic heterocycles. The fraction of sp³-hybridized carbons (Fsp3) is 0.889. The number of carbonyl (C=O) groups excluding carboxylic acids is 1. The number of aliphatic hydroxyl groups is 1. The normalized spacial score (nSPS) is 9.92. The first-order chi connectivity index (χ1) is 5.76. The molecule has 3 nitrogen and oxygen atoms in total. The molecule has 0 radical (unpaired) electrons. The van der Waals surface area contributed by atoms with Crippen molar-refractivity contribution in [1.29, 1.82) is 0 Å². The van der Waals surface area contributed by atoms with Gasteiger partial charge in [0.25, 0.3) is 0 Å². The summed E-state index contributed by atoms with van der Waals surface area (Å²) >= 11 is 0. The lowest BCUT2D eigenvalue weighted by molar-refractivity contribution is -0.131. The Morgan fingerprint density at radius 2 is 1.75 bits per heavy atom. The van der Waals surface area contributed by atoms with Crippen molar-refractivity contribution in [1.82, 2.24) is 4.90 Å². The molecule has 0 heterocycles. The van der Waals surface area contributed by atoms with Crippen LogP contribution in [0.25, 0.3) is 0 Å². The molecule has 0 aliphatic rings. The molecule has 0 fully saturated rings. The first-order valence-corrected chi connectivity index (χ1v) is 4.64. The minimum atomic E-state index is -0.0389. The summed E-state index contributed by atoms with van der Waals surface area (Å²) in [5.74, 6) is 0.0706. The number of hydrogen-bond donors (Lipinski definition) is 1. The number of hydrogen-bond acceptors (Lipinski definition) is 2. The van der Waals surface area contributed by atoms with Gasteiger partial charge in [0.1, 0.15) is 0 Å². The fourth-order valence-corrected chi connectivity index (χ4v) is 1.15. The number of carbonyl (C=O) groups is 1. The van der Waals surface area contributed by atoms with Crippen molar-refractivity contribution in [3.8, 4) is 0 Å². The maximum Gasteiger partial charge on any atom is 0.224 e. The van der Waals surface area contributed by atoms with E-state index >= 15 is 0 Å². The molecule has 0 aliphatic heterocycles. The molecule has 1 N–H and O–H groups in total. The zero-order valence-electron chi connectivity index (χ0n) is 8.05. The average molecular weight is 173 g/mol. The average Bonchev–Trinajstić information content (AvgIpc) is 2.04. The maximum absolute atomic E-state index is 11.3. The topological polar surface area (TPSA) is 40.5 Å². The second-order valence-corrected chi connectivity index (χ2v) is 2.85. The van der Waals surface area contributed by atoms with Gasteiger partial charge in [0.2, 0.25) is 5.91 Å². The van der Waals surface area contributed by atoms with Crippen molar-refractivity contribution in [3.63, 3.8) is 0 Å². The number of rotatable bonds is 6. The zero-order chi connectivity index (χ0) is 9.40. The van der Waals surface area contributed by atoms with Gasteiger partial charge in [-0.2, -0.15) is 0 Å². The fourth-order valence-electron chi connectivity index (χ4n) is 1.15. The van der Waals surface area contributed by atoms with E-state index in [0.717, 1.165) is 25.9 Å². The van der Waals surface area contributed by atoms with Crippen LogP contribution in [0.1, 0.15) is 33.1 Å². The van der Waals surface area contributed by atoms with Crippen molar-refractivity contribution >= 4 is 5.91 Å². The maximum atomic E-state index is 11.3. The summed E-state index contributed by atoms with van der Waals surface area (Å²) in [7, 11) is 0. The molecule has 0 aromatic carbocycles. The van der Waals surface area contributed by atoms with Crippen LogP contribution in [0.2, 0.25) is 0 Å². The van der Waals surface area contributed by atoms with Gasteiger partial charge in [0.15, 0.2) is 0 Å². The highest BCUT2D eigenvalue weighted by atomic mass is 16.3. The molecule has 0 saturated carbocycles. The van der Waals surface area contributed by atoms with Crippen molar-refractivity contribution in [2.45, 2.75) is 33.1 Å². The van der Waals surface area contributed by atoms with Gasteiger partial charge < -0.3 is 10.0 Å². The second-order valence-electron chi connectivity index (χ2n) is 2.85. The van der Waals surface area contributed by atoms with Crippen LogP contribution in [0, 0.1) is 0 Å². The molecule has 1 amide bonds. The van der Waals surface area contributed by atoms with E-state index in [4.69, 9.17) is 5.11 Å². The first-order valence-electron chi connectivity index (χ1n) is 4.64. The Morgan fingerprint density at radius 3 is 2.08 bits per heavy atom. The highest BCUT2D eigenvalue weighted by molar-refractivity contribution is 5.76. The Bertz CT molecular complexity index is 120. The van der Waals surface area contributed by atoms with Crippen LogP contribution >= 0.6 is 0 Å². The Morgan fingerprint density at radius 1 is 1.25 bits per heavy atom. The molecule has 0 spiro atoms. The van der Waals surface area contributed by atoms with E-state index < -0.39 is 0 Å². The number of amides is 1. The molecule has 0 unspecified atom stereocenters. The first kappa shape index (κ1) is 11.4. The molecule has 0 bridgehead atoms. The molecular formula is C9H19NO2. The molecule has 0 rings (SSSR count). The molecule has 0 atom stereocenters. The van der Waals surface area contributed by atoms with Crippen LogP contribution in [-0.4, -0.2) is 35.6 Å². The lowest BCUT2D eigenvalue weighted by Gasteiger charge is -2.20. The number of aliphatic hydroxyl groups excluding tert-OH is 1. The Labute approximate surface area is 74.4 Å². The lowest BCUT2D eigenvalue weighted by atomic mass is 10.3. The monoisotopic (exact) mass is 173 g/mol. The molecule has 72 valence electrons. The van der Waals surface area contributed by atoms with Crippen LogP contribution in [0.3, 0.4) is 0 Å². The molecule has 3 heteroatoms. The summed E-state index contributed by atoms with van der Waals surface area (Å²) in [5.41, 5.74) is 0. The predicted octanol–water partition coefficient (Wildman–Crippen LogP) is 1.02. The molecular weight excluding hydrogens is 154 g/mol. The smallest absolute Gasteiger partial charge is 0.224 e. The van der Waals surface area contributed by atoms with Gasteiger partial charge in [-0.05, 0) is 12.8 Å². The third-order valence-corrected chi connectivity index (χ3v) is 1.67. The van der Waals surface area contributed by atoms with Crippen molar-refractivity contribution < 1.29 is 9.90 Å². The Balaban J connectivity index is 3.81. The second kappa shape index (κ2) is 7.10. The van der Waals surface area contributed by atoms with Crippen LogP contribution in [-0.2, 0) is 4.79 Å². The SMILES string of the molecule is CCCN(CCC)C(=O)CCO. The lowest BCUT2D eigenvalue weighted by Crippen LogP contribution is -2.32. The third-order valence-electron chi connectivity index (χ3n) is 1.67. The summed E-state index contributed by atoms with van der Waals surface area (Å²) in [4.78, 5) is 13.1. The quantitative estimate of drug-likeness (QED) is 0.651. The van der Waals surface area contributed by atoms with Crippen LogP contribution < -0.4 is 0 Å². The Kier molecular flexibility index (Phi) is 6.76. The standard InChI is InChI=1S/C9H19NO2/c1-3-6-10(7-4-2)9(12)5-8-11/h11H,3-8H2,1-2H3. The minimum Gasteiger partial charge on any atom is -0.396 e. The molecule has 12 heavy (non-hydrogen) atoms.